The summed E-state index contributed by atoms with van der Waals surface area (Å²) in [7, 11) is 2.00. The highest BCUT2D eigenvalue weighted by molar-refractivity contribution is 7.98. The summed E-state index contributed by atoms with van der Waals surface area (Å²) in [5.41, 5.74) is 3.24. The molecule has 2 aromatic rings. The SMILES string of the molecule is CSc1cccc(CN(C)Cc2c(CO)cnc(C)c2O)c1. The van der Waals surface area contributed by atoms with E-state index in [0.29, 0.717) is 17.8 Å². The number of hydrogen-bond donors (Lipinski definition) is 2. The number of hydrogen-bond acceptors (Lipinski definition) is 5. The Kier molecular flexibility index (Phi) is 5.83. The third kappa shape index (κ3) is 4.00. The van der Waals surface area contributed by atoms with Gasteiger partial charge in [0.1, 0.15) is 5.75 Å². The van der Waals surface area contributed by atoms with Gasteiger partial charge in [0, 0.05) is 35.3 Å². The quantitative estimate of drug-likeness (QED) is 0.802. The molecule has 1 heterocycles. The lowest BCUT2D eigenvalue weighted by atomic mass is 10.1. The van der Waals surface area contributed by atoms with Crippen molar-refractivity contribution in [1.82, 2.24) is 9.88 Å². The van der Waals surface area contributed by atoms with Crippen molar-refractivity contribution in [2.75, 3.05) is 13.3 Å². The molecule has 1 aromatic heterocycles. The van der Waals surface area contributed by atoms with E-state index in [-0.39, 0.29) is 12.4 Å². The molecule has 0 radical (unpaired) electrons. The summed E-state index contributed by atoms with van der Waals surface area (Å²) in [5, 5.41) is 19.6. The van der Waals surface area contributed by atoms with Gasteiger partial charge in [-0.1, -0.05) is 12.1 Å². The highest BCUT2D eigenvalue weighted by Crippen LogP contribution is 2.26. The van der Waals surface area contributed by atoms with Crippen LogP contribution in [0.1, 0.15) is 22.4 Å². The molecular formula is C17H22N2O2S. The number of aliphatic hydroxyl groups excluding tert-OH is 1. The lowest BCUT2D eigenvalue weighted by molar-refractivity contribution is 0.270. The number of aromatic hydroxyl groups is 1. The maximum Gasteiger partial charge on any atom is 0.141 e. The molecule has 0 aliphatic carbocycles. The van der Waals surface area contributed by atoms with Crippen molar-refractivity contribution in [2.24, 2.45) is 0 Å². The average molecular weight is 318 g/mol. The Balaban J connectivity index is 2.15. The summed E-state index contributed by atoms with van der Waals surface area (Å²) < 4.78 is 0. The van der Waals surface area contributed by atoms with Crippen molar-refractivity contribution >= 4 is 11.8 Å². The van der Waals surface area contributed by atoms with Gasteiger partial charge in [0.25, 0.3) is 0 Å². The monoisotopic (exact) mass is 318 g/mol. The number of rotatable bonds is 6. The molecule has 5 heteroatoms. The van der Waals surface area contributed by atoms with Crippen LogP contribution in [0.25, 0.3) is 0 Å². The fraction of sp³-hybridized carbons (Fsp3) is 0.353. The number of aryl methyl sites for hydroxylation is 1. The van der Waals surface area contributed by atoms with Crippen molar-refractivity contribution in [3.63, 3.8) is 0 Å². The summed E-state index contributed by atoms with van der Waals surface area (Å²) in [6.07, 6.45) is 3.70. The molecule has 1 aromatic carbocycles. The van der Waals surface area contributed by atoms with Gasteiger partial charge < -0.3 is 10.2 Å². The largest absolute Gasteiger partial charge is 0.506 e. The number of pyridine rings is 1. The van der Waals surface area contributed by atoms with E-state index < -0.39 is 0 Å². The number of aliphatic hydroxyl groups is 1. The van der Waals surface area contributed by atoms with Crippen molar-refractivity contribution in [3.8, 4) is 5.75 Å². The molecule has 0 spiro atoms. The third-order valence-corrected chi connectivity index (χ3v) is 4.34. The zero-order valence-electron chi connectivity index (χ0n) is 13.2. The maximum absolute atomic E-state index is 10.2. The van der Waals surface area contributed by atoms with Crippen LogP contribution < -0.4 is 0 Å². The fourth-order valence-electron chi connectivity index (χ4n) is 2.41. The second-order valence-corrected chi connectivity index (χ2v) is 6.26. The van der Waals surface area contributed by atoms with Gasteiger partial charge in [0.15, 0.2) is 0 Å². The van der Waals surface area contributed by atoms with Crippen LogP contribution in [-0.2, 0) is 19.7 Å². The van der Waals surface area contributed by atoms with Gasteiger partial charge in [0.2, 0.25) is 0 Å². The molecule has 0 aliphatic rings. The molecule has 22 heavy (non-hydrogen) atoms. The standard InChI is InChI=1S/C17H22N2O2S/c1-12-17(21)16(14(11-20)8-18-12)10-19(2)9-13-5-4-6-15(7-13)22-3/h4-8,20-21H,9-11H2,1-3H3. The normalized spacial score (nSPS) is 11.1. The minimum atomic E-state index is -0.119. The molecule has 0 saturated carbocycles. The molecule has 0 aliphatic heterocycles. The second kappa shape index (κ2) is 7.63. The van der Waals surface area contributed by atoms with Gasteiger partial charge in [-0.25, -0.2) is 0 Å². The summed E-state index contributed by atoms with van der Waals surface area (Å²) in [5.74, 6) is 0.177. The molecule has 0 saturated heterocycles. The van der Waals surface area contributed by atoms with E-state index in [1.165, 1.54) is 10.5 Å². The zero-order chi connectivity index (χ0) is 16.1. The summed E-state index contributed by atoms with van der Waals surface area (Å²) >= 11 is 1.72. The molecule has 118 valence electrons. The van der Waals surface area contributed by atoms with E-state index in [1.807, 2.05) is 7.05 Å². The second-order valence-electron chi connectivity index (χ2n) is 5.38. The number of nitrogens with zero attached hydrogens (tertiary/aromatic N) is 2. The first-order valence-electron chi connectivity index (χ1n) is 7.13. The van der Waals surface area contributed by atoms with Gasteiger partial charge in [0.05, 0.1) is 12.3 Å². The van der Waals surface area contributed by atoms with Crippen LogP contribution in [0.4, 0.5) is 0 Å². The van der Waals surface area contributed by atoms with E-state index in [4.69, 9.17) is 0 Å². The summed E-state index contributed by atoms with van der Waals surface area (Å²) in [6, 6.07) is 8.42. The smallest absolute Gasteiger partial charge is 0.141 e. The molecule has 0 bridgehead atoms. The first-order valence-corrected chi connectivity index (χ1v) is 8.36. The van der Waals surface area contributed by atoms with E-state index in [9.17, 15) is 10.2 Å². The third-order valence-electron chi connectivity index (χ3n) is 3.62. The van der Waals surface area contributed by atoms with Crippen molar-refractivity contribution in [3.05, 3.63) is 52.8 Å². The Bertz CT molecular complexity index is 647. The molecular weight excluding hydrogens is 296 g/mol. The molecule has 0 fully saturated rings. The van der Waals surface area contributed by atoms with E-state index in [0.717, 1.165) is 12.1 Å². The van der Waals surface area contributed by atoms with Crippen molar-refractivity contribution in [1.29, 1.82) is 0 Å². The molecule has 0 atom stereocenters. The zero-order valence-corrected chi connectivity index (χ0v) is 14.0. The lowest BCUT2D eigenvalue weighted by Gasteiger charge is -2.20. The van der Waals surface area contributed by atoms with Gasteiger partial charge >= 0.3 is 0 Å². The summed E-state index contributed by atoms with van der Waals surface area (Å²) in [6.45, 7) is 2.99. The maximum atomic E-state index is 10.2. The van der Waals surface area contributed by atoms with Crippen LogP contribution in [0.2, 0.25) is 0 Å². The Morgan fingerprint density at radius 3 is 2.73 bits per heavy atom. The summed E-state index contributed by atoms with van der Waals surface area (Å²) in [4.78, 5) is 7.45. The Labute approximate surface area is 135 Å². The highest BCUT2D eigenvalue weighted by Gasteiger charge is 2.13. The Hall–Kier alpha value is -1.56. The lowest BCUT2D eigenvalue weighted by Crippen LogP contribution is -2.18. The van der Waals surface area contributed by atoms with E-state index in [2.05, 4.69) is 40.4 Å². The van der Waals surface area contributed by atoms with Gasteiger partial charge in [-0.2, -0.15) is 0 Å². The first kappa shape index (κ1) is 16.8. The number of aromatic nitrogens is 1. The number of thioether (sulfide) groups is 1. The minimum absolute atomic E-state index is 0.119. The fourth-order valence-corrected chi connectivity index (χ4v) is 2.89. The average Bonchev–Trinajstić information content (AvgIpc) is 2.52. The van der Waals surface area contributed by atoms with Gasteiger partial charge in [-0.3, -0.25) is 9.88 Å². The van der Waals surface area contributed by atoms with Crippen LogP contribution >= 0.6 is 11.8 Å². The molecule has 0 unspecified atom stereocenters. The molecule has 2 rings (SSSR count). The Morgan fingerprint density at radius 2 is 2.05 bits per heavy atom. The van der Waals surface area contributed by atoms with Crippen LogP contribution in [-0.4, -0.2) is 33.4 Å². The predicted molar refractivity (Wildman–Crippen MR) is 90.0 cm³/mol. The highest BCUT2D eigenvalue weighted by atomic mass is 32.2. The predicted octanol–water partition coefficient (Wildman–Crippen LogP) is 2.94. The molecule has 2 N–H and O–H groups in total. The van der Waals surface area contributed by atoms with Crippen molar-refractivity contribution < 1.29 is 10.2 Å². The molecule has 0 amide bonds. The van der Waals surface area contributed by atoms with Crippen LogP contribution in [0.3, 0.4) is 0 Å². The van der Waals surface area contributed by atoms with E-state index >= 15 is 0 Å². The minimum Gasteiger partial charge on any atom is -0.506 e. The Morgan fingerprint density at radius 1 is 1.27 bits per heavy atom. The van der Waals surface area contributed by atoms with Crippen LogP contribution in [0.15, 0.2) is 35.4 Å². The molecule has 4 nitrogen and oxygen atoms in total. The number of benzene rings is 1. The van der Waals surface area contributed by atoms with Crippen LogP contribution in [0, 0.1) is 6.92 Å². The van der Waals surface area contributed by atoms with Crippen molar-refractivity contribution in [2.45, 2.75) is 31.5 Å². The van der Waals surface area contributed by atoms with E-state index in [1.54, 1.807) is 24.9 Å². The first-order chi connectivity index (χ1) is 10.5. The van der Waals surface area contributed by atoms with Crippen LogP contribution in [0.5, 0.6) is 5.75 Å². The van der Waals surface area contributed by atoms with Gasteiger partial charge in [-0.05, 0) is 37.9 Å². The topological polar surface area (TPSA) is 56.6 Å². The van der Waals surface area contributed by atoms with Gasteiger partial charge in [-0.15, -0.1) is 11.8 Å².